The largest absolute Gasteiger partial charge is 0.334 e. The number of sulfonamides is 1. The van der Waals surface area contributed by atoms with Crippen LogP contribution in [0, 0.1) is 12.8 Å². The van der Waals surface area contributed by atoms with Crippen molar-refractivity contribution in [2.45, 2.75) is 57.1 Å². The summed E-state index contributed by atoms with van der Waals surface area (Å²) in [6, 6.07) is 0.0985. The summed E-state index contributed by atoms with van der Waals surface area (Å²) in [6.45, 7) is 4.88. The van der Waals surface area contributed by atoms with Gasteiger partial charge in [0.25, 0.3) is 10.0 Å². The summed E-state index contributed by atoms with van der Waals surface area (Å²) in [7, 11) is -3.53. The van der Waals surface area contributed by atoms with E-state index in [1.807, 2.05) is 11.5 Å². The molecule has 1 heterocycles. The molecule has 7 heteroatoms. The van der Waals surface area contributed by atoms with Gasteiger partial charge in [0.15, 0.2) is 5.03 Å². The summed E-state index contributed by atoms with van der Waals surface area (Å²) < 4.78 is 28.9. The zero-order valence-corrected chi connectivity index (χ0v) is 13.0. The van der Waals surface area contributed by atoms with Gasteiger partial charge in [-0.15, -0.1) is 0 Å². The highest BCUT2D eigenvalue weighted by Gasteiger charge is 2.25. The second-order valence-corrected chi connectivity index (χ2v) is 7.19. The molecule has 0 saturated heterocycles. The van der Waals surface area contributed by atoms with Crippen molar-refractivity contribution < 1.29 is 8.42 Å². The highest BCUT2D eigenvalue weighted by molar-refractivity contribution is 7.89. The first-order chi connectivity index (χ1) is 9.44. The summed E-state index contributed by atoms with van der Waals surface area (Å²) in [6.07, 6.45) is 5.83. The number of nitrogens with two attached hydrogens (primary N) is 1. The van der Waals surface area contributed by atoms with E-state index in [1.165, 1.54) is 0 Å². The van der Waals surface area contributed by atoms with E-state index in [2.05, 4.69) is 9.71 Å². The predicted molar refractivity (Wildman–Crippen MR) is 77.8 cm³/mol. The molecule has 3 N–H and O–H groups in total. The molecule has 20 heavy (non-hydrogen) atoms. The number of hydrogen-bond donors (Lipinski definition) is 2. The number of nitrogens with one attached hydrogen (secondary N) is 1. The number of aryl methyl sites for hydroxylation is 2. The average molecular weight is 300 g/mol. The Hall–Kier alpha value is -0.920. The molecule has 0 bridgehead atoms. The fraction of sp³-hybridized carbons (Fsp3) is 0.769. The van der Waals surface area contributed by atoms with Gasteiger partial charge in [-0.05, 0) is 32.6 Å². The highest BCUT2D eigenvalue weighted by Crippen LogP contribution is 2.22. The Kier molecular flexibility index (Phi) is 4.82. The number of hydrogen-bond acceptors (Lipinski definition) is 4. The Morgan fingerprint density at radius 1 is 1.45 bits per heavy atom. The minimum Gasteiger partial charge on any atom is -0.334 e. The van der Waals surface area contributed by atoms with Gasteiger partial charge in [-0.2, -0.15) is 0 Å². The van der Waals surface area contributed by atoms with Gasteiger partial charge in [0, 0.05) is 25.3 Å². The maximum atomic E-state index is 12.2. The summed E-state index contributed by atoms with van der Waals surface area (Å²) in [5.41, 5.74) is 6.04. The molecular formula is C13H24N4O2S. The van der Waals surface area contributed by atoms with E-state index in [4.69, 9.17) is 5.73 Å². The molecule has 0 aromatic carbocycles. The molecule has 1 aliphatic rings. The van der Waals surface area contributed by atoms with Crippen LogP contribution in [0.15, 0.2) is 11.2 Å². The number of nitrogens with zero attached hydrogens (tertiary/aromatic N) is 2. The highest BCUT2D eigenvalue weighted by atomic mass is 32.2. The van der Waals surface area contributed by atoms with E-state index in [0.717, 1.165) is 25.7 Å². The molecule has 2 unspecified atom stereocenters. The molecule has 0 amide bonds. The van der Waals surface area contributed by atoms with E-state index in [-0.39, 0.29) is 17.0 Å². The smallest absolute Gasteiger partial charge is 0.259 e. The summed E-state index contributed by atoms with van der Waals surface area (Å²) in [5.74, 6) is 0.940. The van der Waals surface area contributed by atoms with Crippen LogP contribution in [-0.4, -0.2) is 30.6 Å². The van der Waals surface area contributed by atoms with Crippen LogP contribution in [0.2, 0.25) is 0 Å². The lowest BCUT2D eigenvalue weighted by molar-refractivity contribution is 0.308. The van der Waals surface area contributed by atoms with Crippen LogP contribution in [0.25, 0.3) is 0 Å². The molecule has 1 aliphatic carbocycles. The standard InChI is InChI=1S/C13H24N4O2S/c1-3-17-9-13(16-10(17)2)20(18,19)15-8-11-6-4-5-7-12(11)14/h9,11-12,15H,3-8,14H2,1-2H3. The van der Waals surface area contributed by atoms with Crippen molar-refractivity contribution >= 4 is 10.0 Å². The predicted octanol–water partition coefficient (Wildman–Crippen LogP) is 1.01. The topological polar surface area (TPSA) is 90.0 Å². The third-order valence-corrected chi connectivity index (χ3v) is 5.37. The zero-order valence-electron chi connectivity index (χ0n) is 12.2. The molecule has 0 radical (unpaired) electrons. The van der Waals surface area contributed by atoms with Crippen molar-refractivity contribution in [3.8, 4) is 0 Å². The Morgan fingerprint density at radius 2 is 2.15 bits per heavy atom. The van der Waals surface area contributed by atoms with Gasteiger partial charge in [-0.1, -0.05) is 12.8 Å². The summed E-state index contributed by atoms with van der Waals surface area (Å²) >= 11 is 0. The fourth-order valence-electron chi connectivity index (χ4n) is 2.71. The summed E-state index contributed by atoms with van der Waals surface area (Å²) in [5, 5.41) is 0.0984. The third-order valence-electron chi connectivity index (χ3n) is 4.07. The van der Waals surface area contributed by atoms with Crippen LogP contribution in [0.5, 0.6) is 0 Å². The SMILES string of the molecule is CCn1cc(S(=O)(=O)NCC2CCCCC2N)nc1C. The van der Waals surface area contributed by atoms with Crippen LogP contribution < -0.4 is 10.5 Å². The minimum atomic E-state index is -3.53. The second kappa shape index (κ2) is 6.24. The van der Waals surface area contributed by atoms with Gasteiger partial charge in [-0.25, -0.2) is 18.1 Å². The van der Waals surface area contributed by atoms with Gasteiger partial charge in [-0.3, -0.25) is 0 Å². The van der Waals surface area contributed by atoms with Crippen molar-refractivity contribution in [2.24, 2.45) is 11.7 Å². The van der Waals surface area contributed by atoms with Crippen molar-refractivity contribution in [1.82, 2.24) is 14.3 Å². The van der Waals surface area contributed by atoms with Crippen molar-refractivity contribution in [2.75, 3.05) is 6.54 Å². The van der Waals surface area contributed by atoms with Crippen LogP contribution in [0.4, 0.5) is 0 Å². The van der Waals surface area contributed by atoms with Crippen LogP contribution in [0.3, 0.4) is 0 Å². The molecule has 2 rings (SSSR count). The van der Waals surface area contributed by atoms with Crippen LogP contribution in [0.1, 0.15) is 38.4 Å². The van der Waals surface area contributed by atoms with Gasteiger partial charge in [0.05, 0.1) is 0 Å². The first-order valence-corrected chi connectivity index (χ1v) is 8.71. The molecular weight excluding hydrogens is 276 g/mol. The van der Waals surface area contributed by atoms with Crippen molar-refractivity contribution in [3.63, 3.8) is 0 Å². The fourth-order valence-corrected chi connectivity index (χ4v) is 3.81. The van der Waals surface area contributed by atoms with E-state index in [0.29, 0.717) is 18.9 Å². The van der Waals surface area contributed by atoms with E-state index >= 15 is 0 Å². The maximum Gasteiger partial charge on any atom is 0.259 e. The van der Waals surface area contributed by atoms with Crippen LogP contribution >= 0.6 is 0 Å². The van der Waals surface area contributed by atoms with E-state index < -0.39 is 10.0 Å². The number of rotatable bonds is 5. The molecule has 1 saturated carbocycles. The average Bonchev–Trinajstić information content (AvgIpc) is 2.80. The number of aromatic nitrogens is 2. The molecule has 0 spiro atoms. The molecule has 1 aromatic rings. The Bertz CT molecular complexity index is 553. The maximum absolute atomic E-state index is 12.2. The van der Waals surface area contributed by atoms with Crippen LogP contribution in [-0.2, 0) is 16.6 Å². The lowest BCUT2D eigenvalue weighted by atomic mass is 9.85. The minimum absolute atomic E-state index is 0.0984. The zero-order chi connectivity index (χ0) is 14.8. The lowest BCUT2D eigenvalue weighted by Gasteiger charge is -2.28. The molecule has 114 valence electrons. The molecule has 2 atom stereocenters. The first-order valence-electron chi connectivity index (χ1n) is 7.23. The Balaban J connectivity index is 2.03. The Labute approximate surface area is 120 Å². The van der Waals surface area contributed by atoms with E-state index in [1.54, 1.807) is 13.1 Å². The monoisotopic (exact) mass is 300 g/mol. The molecule has 0 aliphatic heterocycles. The third kappa shape index (κ3) is 3.39. The quantitative estimate of drug-likeness (QED) is 0.849. The first kappa shape index (κ1) is 15.5. The summed E-state index contributed by atoms with van der Waals surface area (Å²) in [4.78, 5) is 4.12. The second-order valence-electron chi connectivity index (χ2n) is 5.47. The number of imidazole rings is 1. The lowest BCUT2D eigenvalue weighted by Crippen LogP contribution is -2.41. The van der Waals surface area contributed by atoms with Crippen molar-refractivity contribution in [1.29, 1.82) is 0 Å². The van der Waals surface area contributed by atoms with Gasteiger partial charge >= 0.3 is 0 Å². The van der Waals surface area contributed by atoms with Crippen molar-refractivity contribution in [3.05, 3.63) is 12.0 Å². The van der Waals surface area contributed by atoms with Gasteiger partial charge in [0.1, 0.15) is 5.82 Å². The van der Waals surface area contributed by atoms with E-state index in [9.17, 15) is 8.42 Å². The van der Waals surface area contributed by atoms with Gasteiger partial charge < -0.3 is 10.3 Å². The normalized spacial score (nSPS) is 23.9. The molecule has 6 nitrogen and oxygen atoms in total. The van der Waals surface area contributed by atoms with Gasteiger partial charge in [0.2, 0.25) is 0 Å². The molecule has 1 fully saturated rings. The molecule has 1 aromatic heterocycles. The Morgan fingerprint density at radius 3 is 2.75 bits per heavy atom.